The van der Waals surface area contributed by atoms with Crippen molar-refractivity contribution in [2.24, 2.45) is 0 Å². The monoisotopic (exact) mass is 546 g/mol. The molecule has 0 saturated heterocycles. The summed E-state index contributed by atoms with van der Waals surface area (Å²) >= 11 is 17.5. The van der Waals surface area contributed by atoms with Crippen molar-refractivity contribution in [2.45, 2.75) is 44.5 Å². The van der Waals surface area contributed by atoms with Gasteiger partial charge in [0, 0.05) is 6.08 Å². The molecular formula is C10HCl4F15. The van der Waals surface area contributed by atoms with Crippen LogP contribution in [0.3, 0.4) is 0 Å². The van der Waals surface area contributed by atoms with E-state index in [2.05, 4.69) is 46.4 Å². The molecule has 0 aromatic carbocycles. The number of alkyl halides is 17. The van der Waals surface area contributed by atoms with Gasteiger partial charge in [0.2, 0.25) is 8.67 Å². The molecule has 0 N–H and O–H groups in total. The van der Waals surface area contributed by atoms with E-state index in [1.54, 1.807) is 0 Å². The third kappa shape index (κ3) is 4.04. The third-order valence-corrected chi connectivity index (χ3v) is 5.70. The largest absolute Gasteiger partial charge is 0.434 e. The molecule has 0 aliphatic rings. The van der Waals surface area contributed by atoms with Gasteiger partial charge in [-0.15, -0.1) is 0 Å². The average Bonchev–Trinajstić information content (AvgIpc) is 2.40. The van der Waals surface area contributed by atoms with Crippen molar-refractivity contribution < 1.29 is 65.9 Å². The Morgan fingerprint density at radius 3 is 1.03 bits per heavy atom. The summed E-state index contributed by atoms with van der Waals surface area (Å²) in [7, 11) is 0. The van der Waals surface area contributed by atoms with E-state index in [9.17, 15) is 65.9 Å². The second kappa shape index (κ2) is 7.47. The average molecular weight is 548 g/mol. The number of hydrogen-bond donors (Lipinski definition) is 0. The lowest BCUT2D eigenvalue weighted by molar-refractivity contribution is -0.352. The molecule has 19 heteroatoms. The molecule has 0 saturated carbocycles. The standard InChI is InChI=1S/C10HCl4F15/c11-5(12,4(18,9(24,25)26)10(27,28)29)6(13,14)7(19,20)3(17,1-2(15)16)8(21,22)23/h1H. The van der Waals surface area contributed by atoms with Crippen LogP contribution in [-0.2, 0) is 0 Å². The van der Waals surface area contributed by atoms with Crippen LogP contribution in [0.5, 0.6) is 0 Å². The summed E-state index contributed by atoms with van der Waals surface area (Å²) in [5.74, 6) is -7.18. The zero-order valence-electron chi connectivity index (χ0n) is 12.3. The molecule has 1 unspecified atom stereocenters. The maximum Gasteiger partial charge on any atom is 0.434 e. The fourth-order valence-corrected chi connectivity index (χ4v) is 2.86. The van der Waals surface area contributed by atoms with Crippen LogP contribution in [0.4, 0.5) is 65.9 Å². The summed E-state index contributed by atoms with van der Waals surface area (Å²) in [5, 5.41) is 0. The summed E-state index contributed by atoms with van der Waals surface area (Å²) in [4.78, 5) is 0. The molecule has 0 aliphatic carbocycles. The third-order valence-electron chi connectivity index (χ3n) is 3.18. The quantitative estimate of drug-likeness (QED) is 0.243. The van der Waals surface area contributed by atoms with Gasteiger partial charge in [0.05, 0.1) is 0 Å². The van der Waals surface area contributed by atoms with Crippen molar-refractivity contribution in [3.63, 3.8) is 0 Å². The predicted molar refractivity (Wildman–Crippen MR) is 70.0 cm³/mol. The highest BCUT2D eigenvalue weighted by Crippen LogP contribution is 2.68. The van der Waals surface area contributed by atoms with Crippen LogP contribution in [0.1, 0.15) is 0 Å². The molecule has 1 atom stereocenters. The van der Waals surface area contributed by atoms with Crippen LogP contribution >= 0.6 is 46.4 Å². The van der Waals surface area contributed by atoms with Crippen molar-refractivity contribution in [3.8, 4) is 0 Å². The van der Waals surface area contributed by atoms with Gasteiger partial charge in [-0.05, 0) is 0 Å². The molecule has 0 fully saturated rings. The first-order chi connectivity index (χ1) is 12.2. The Morgan fingerprint density at radius 2 is 0.828 bits per heavy atom. The van der Waals surface area contributed by atoms with Gasteiger partial charge < -0.3 is 0 Å². The Labute approximate surface area is 169 Å². The number of allylic oxidation sites excluding steroid dienone is 1. The minimum Gasteiger partial charge on any atom is -0.222 e. The van der Waals surface area contributed by atoms with E-state index in [1.807, 2.05) is 0 Å². The number of rotatable bonds is 5. The van der Waals surface area contributed by atoms with Crippen LogP contribution in [-0.4, -0.2) is 44.5 Å². The van der Waals surface area contributed by atoms with E-state index in [0.29, 0.717) is 0 Å². The van der Waals surface area contributed by atoms with E-state index < -0.39 is 56.6 Å². The van der Waals surface area contributed by atoms with Crippen molar-refractivity contribution in [1.29, 1.82) is 0 Å². The lowest BCUT2D eigenvalue weighted by Gasteiger charge is -2.48. The van der Waals surface area contributed by atoms with Gasteiger partial charge in [-0.3, -0.25) is 0 Å². The van der Waals surface area contributed by atoms with E-state index in [-0.39, 0.29) is 0 Å². The molecule has 0 heterocycles. The van der Waals surface area contributed by atoms with Crippen LogP contribution in [0, 0.1) is 0 Å². The van der Waals surface area contributed by atoms with Gasteiger partial charge in [-0.2, -0.15) is 57.1 Å². The molecule has 174 valence electrons. The molecule has 0 nitrogen and oxygen atoms in total. The van der Waals surface area contributed by atoms with Gasteiger partial charge in [0.1, 0.15) is 0 Å². The van der Waals surface area contributed by atoms with Crippen LogP contribution in [0.15, 0.2) is 12.2 Å². The van der Waals surface area contributed by atoms with Crippen LogP contribution in [0.2, 0.25) is 0 Å². The Hall–Kier alpha value is -0.150. The Morgan fingerprint density at radius 1 is 0.517 bits per heavy atom. The van der Waals surface area contributed by atoms with Crippen molar-refractivity contribution in [1.82, 2.24) is 0 Å². The molecule has 0 aromatic heterocycles. The predicted octanol–water partition coefficient (Wildman–Crippen LogP) is 7.85. The highest BCUT2D eigenvalue weighted by atomic mass is 35.5. The van der Waals surface area contributed by atoms with Crippen LogP contribution in [0.25, 0.3) is 0 Å². The zero-order chi connectivity index (χ0) is 24.3. The lowest BCUT2D eigenvalue weighted by atomic mass is 9.86. The highest BCUT2D eigenvalue weighted by molar-refractivity contribution is 6.63. The number of hydrogen-bond acceptors (Lipinski definition) is 0. The van der Waals surface area contributed by atoms with Crippen LogP contribution < -0.4 is 0 Å². The van der Waals surface area contributed by atoms with E-state index in [1.165, 1.54) is 0 Å². The first kappa shape index (κ1) is 28.9. The Balaban J connectivity index is 7.21. The number of halogens is 19. The summed E-state index contributed by atoms with van der Waals surface area (Å²) in [6.45, 7) is 0. The lowest BCUT2D eigenvalue weighted by Crippen LogP contribution is -2.75. The molecule has 0 radical (unpaired) electrons. The maximum atomic E-state index is 14.1. The molecule has 29 heavy (non-hydrogen) atoms. The summed E-state index contributed by atoms with van der Waals surface area (Å²) < 4.78 is 182. The summed E-state index contributed by atoms with van der Waals surface area (Å²) in [6, 6.07) is 0. The van der Waals surface area contributed by atoms with Crippen molar-refractivity contribution in [3.05, 3.63) is 12.2 Å². The SMILES string of the molecule is FC(F)=CC(F)(C(F)(F)F)C(F)(F)C(Cl)(Cl)C(Cl)(Cl)C(F)(C(F)(F)F)C(F)(F)F. The first-order valence-corrected chi connectivity index (χ1v) is 7.43. The fraction of sp³-hybridized carbons (Fsp3) is 0.800. The van der Waals surface area contributed by atoms with E-state index in [0.717, 1.165) is 0 Å². The Kier molecular flexibility index (Phi) is 7.43. The second-order valence-corrected chi connectivity index (χ2v) is 7.68. The Bertz CT molecular complexity index is 625. The van der Waals surface area contributed by atoms with Crippen molar-refractivity contribution >= 4 is 46.4 Å². The smallest absolute Gasteiger partial charge is 0.222 e. The molecule has 0 rings (SSSR count). The topological polar surface area (TPSA) is 0 Å². The minimum atomic E-state index is -7.43. The van der Waals surface area contributed by atoms with Gasteiger partial charge in [0.15, 0.2) is 0 Å². The van der Waals surface area contributed by atoms with Gasteiger partial charge in [0.25, 0.3) is 11.7 Å². The molecule has 0 aliphatic heterocycles. The summed E-state index contributed by atoms with van der Waals surface area (Å²) in [6.07, 6.45) is -28.3. The second-order valence-electron chi connectivity index (χ2n) is 5.02. The van der Waals surface area contributed by atoms with Gasteiger partial charge >= 0.3 is 30.1 Å². The zero-order valence-corrected chi connectivity index (χ0v) is 15.3. The molecule has 0 spiro atoms. The normalized spacial score (nSPS) is 17.8. The first-order valence-electron chi connectivity index (χ1n) is 5.92. The molecular weight excluding hydrogens is 547 g/mol. The maximum absolute atomic E-state index is 14.1. The molecule has 0 aromatic rings. The fourth-order valence-electron chi connectivity index (χ4n) is 1.66. The highest BCUT2D eigenvalue weighted by Gasteiger charge is 2.91. The minimum absolute atomic E-state index is 2.28. The molecule has 0 bridgehead atoms. The summed E-state index contributed by atoms with van der Waals surface area (Å²) in [5.41, 5.74) is -14.2. The van der Waals surface area contributed by atoms with Crippen molar-refractivity contribution in [2.75, 3.05) is 0 Å². The van der Waals surface area contributed by atoms with E-state index >= 15 is 0 Å². The van der Waals surface area contributed by atoms with E-state index in [4.69, 9.17) is 0 Å². The molecule has 0 amide bonds. The van der Waals surface area contributed by atoms with Gasteiger partial charge in [-0.1, -0.05) is 46.4 Å². The van der Waals surface area contributed by atoms with Gasteiger partial charge in [-0.25, -0.2) is 8.78 Å².